The molecule has 0 bridgehead atoms. The first-order valence-electron chi connectivity index (χ1n) is 5.48. The molecular formula is C10H17N3O3S2. The van der Waals surface area contributed by atoms with Gasteiger partial charge in [0.2, 0.25) is 0 Å². The maximum absolute atomic E-state index is 10.5. The van der Waals surface area contributed by atoms with E-state index < -0.39 is 5.97 Å². The molecule has 102 valence electrons. The molecule has 6 nitrogen and oxygen atoms in total. The zero-order chi connectivity index (χ0) is 13.5. The standard InChI is InChI=1S/C10H17N3O3S2/c1-7(17-2)3-4-13-8(5-14)11-12-10(13)18-6-9(15)16/h7,14H,3-6H2,1-2H3,(H,15,16). The Morgan fingerprint density at radius 1 is 1.50 bits per heavy atom. The molecular weight excluding hydrogens is 274 g/mol. The van der Waals surface area contributed by atoms with E-state index in [1.807, 2.05) is 6.26 Å². The second-order valence-electron chi connectivity index (χ2n) is 3.73. The number of aliphatic carboxylic acids is 1. The maximum Gasteiger partial charge on any atom is 0.313 e. The monoisotopic (exact) mass is 291 g/mol. The first-order chi connectivity index (χ1) is 8.58. The van der Waals surface area contributed by atoms with E-state index >= 15 is 0 Å². The van der Waals surface area contributed by atoms with Gasteiger partial charge in [0.25, 0.3) is 0 Å². The summed E-state index contributed by atoms with van der Waals surface area (Å²) in [6.07, 6.45) is 2.97. The number of carboxylic acids is 1. The first-order valence-corrected chi connectivity index (χ1v) is 7.76. The van der Waals surface area contributed by atoms with Gasteiger partial charge in [0.05, 0.1) is 5.75 Å². The Morgan fingerprint density at radius 2 is 2.22 bits per heavy atom. The van der Waals surface area contributed by atoms with Crippen molar-refractivity contribution in [1.82, 2.24) is 14.8 Å². The lowest BCUT2D eigenvalue weighted by Gasteiger charge is -2.11. The van der Waals surface area contributed by atoms with Gasteiger partial charge in [-0.1, -0.05) is 18.7 Å². The van der Waals surface area contributed by atoms with Crippen molar-refractivity contribution in [3.63, 3.8) is 0 Å². The number of carboxylic acid groups (broad SMARTS) is 1. The lowest BCUT2D eigenvalue weighted by atomic mass is 10.3. The van der Waals surface area contributed by atoms with Crippen LogP contribution in [0.3, 0.4) is 0 Å². The largest absolute Gasteiger partial charge is 0.481 e. The summed E-state index contributed by atoms with van der Waals surface area (Å²) in [7, 11) is 0. The molecule has 1 unspecified atom stereocenters. The molecule has 0 radical (unpaired) electrons. The molecule has 1 atom stereocenters. The number of carbonyl (C=O) groups is 1. The number of aromatic nitrogens is 3. The van der Waals surface area contributed by atoms with E-state index in [2.05, 4.69) is 17.1 Å². The molecule has 0 saturated carbocycles. The van der Waals surface area contributed by atoms with E-state index in [9.17, 15) is 9.90 Å². The molecule has 1 aromatic heterocycles. The van der Waals surface area contributed by atoms with E-state index in [-0.39, 0.29) is 12.4 Å². The van der Waals surface area contributed by atoms with Crippen molar-refractivity contribution in [2.24, 2.45) is 0 Å². The number of nitrogens with zero attached hydrogens (tertiary/aromatic N) is 3. The lowest BCUT2D eigenvalue weighted by molar-refractivity contribution is -0.133. The van der Waals surface area contributed by atoms with Gasteiger partial charge in [-0.25, -0.2) is 0 Å². The minimum atomic E-state index is -0.891. The Labute approximate surface area is 114 Å². The molecule has 1 heterocycles. The second kappa shape index (κ2) is 7.65. The highest BCUT2D eigenvalue weighted by atomic mass is 32.2. The summed E-state index contributed by atoms with van der Waals surface area (Å²) < 4.78 is 1.79. The number of thioether (sulfide) groups is 2. The van der Waals surface area contributed by atoms with Crippen LogP contribution in [0.2, 0.25) is 0 Å². The second-order valence-corrected chi connectivity index (χ2v) is 5.94. The summed E-state index contributed by atoms with van der Waals surface area (Å²) >= 11 is 2.89. The van der Waals surface area contributed by atoms with Crippen LogP contribution in [0.15, 0.2) is 5.16 Å². The van der Waals surface area contributed by atoms with Gasteiger partial charge in [0, 0.05) is 11.8 Å². The van der Waals surface area contributed by atoms with Crippen molar-refractivity contribution in [1.29, 1.82) is 0 Å². The maximum atomic E-state index is 10.5. The van der Waals surface area contributed by atoms with Crippen molar-refractivity contribution in [2.75, 3.05) is 12.0 Å². The molecule has 8 heteroatoms. The summed E-state index contributed by atoms with van der Waals surface area (Å²) in [5, 5.41) is 26.6. The molecule has 0 aromatic carbocycles. The van der Waals surface area contributed by atoms with Gasteiger partial charge < -0.3 is 14.8 Å². The van der Waals surface area contributed by atoms with Crippen LogP contribution in [0, 0.1) is 0 Å². The van der Waals surface area contributed by atoms with Gasteiger partial charge >= 0.3 is 5.97 Å². The third kappa shape index (κ3) is 4.51. The van der Waals surface area contributed by atoms with Crippen molar-refractivity contribution < 1.29 is 15.0 Å². The lowest BCUT2D eigenvalue weighted by Crippen LogP contribution is -2.10. The zero-order valence-electron chi connectivity index (χ0n) is 10.4. The van der Waals surface area contributed by atoms with Gasteiger partial charge in [0.15, 0.2) is 11.0 Å². The highest BCUT2D eigenvalue weighted by Gasteiger charge is 2.14. The number of rotatable bonds is 8. The van der Waals surface area contributed by atoms with Crippen LogP contribution >= 0.6 is 23.5 Å². The van der Waals surface area contributed by atoms with E-state index in [4.69, 9.17) is 5.11 Å². The quantitative estimate of drug-likeness (QED) is 0.693. The third-order valence-electron chi connectivity index (χ3n) is 2.42. The molecule has 2 N–H and O–H groups in total. The van der Waals surface area contributed by atoms with Crippen LogP contribution in [0.5, 0.6) is 0 Å². The van der Waals surface area contributed by atoms with E-state index in [1.54, 1.807) is 16.3 Å². The zero-order valence-corrected chi connectivity index (χ0v) is 12.0. The number of hydrogen-bond donors (Lipinski definition) is 2. The van der Waals surface area contributed by atoms with Crippen LogP contribution in [0.25, 0.3) is 0 Å². The van der Waals surface area contributed by atoms with E-state index in [0.717, 1.165) is 18.2 Å². The predicted octanol–water partition coefficient (Wildman–Crippen LogP) is 1.09. The average molecular weight is 291 g/mol. The van der Waals surface area contributed by atoms with Gasteiger partial charge in [-0.15, -0.1) is 10.2 Å². The molecule has 0 aliphatic carbocycles. The first kappa shape index (κ1) is 15.3. The summed E-state index contributed by atoms with van der Waals surface area (Å²) in [4.78, 5) is 10.5. The van der Waals surface area contributed by atoms with E-state index in [1.165, 1.54) is 0 Å². The van der Waals surface area contributed by atoms with E-state index in [0.29, 0.717) is 22.8 Å². The van der Waals surface area contributed by atoms with Crippen molar-refractivity contribution in [3.8, 4) is 0 Å². The van der Waals surface area contributed by atoms with Crippen LogP contribution in [0.1, 0.15) is 19.2 Å². The molecule has 18 heavy (non-hydrogen) atoms. The highest BCUT2D eigenvalue weighted by molar-refractivity contribution is 7.99. The fourth-order valence-corrected chi connectivity index (χ4v) is 2.37. The van der Waals surface area contributed by atoms with Crippen LogP contribution < -0.4 is 0 Å². The third-order valence-corrected chi connectivity index (χ3v) is 4.41. The number of aliphatic hydroxyl groups excluding tert-OH is 1. The minimum absolute atomic E-state index is 0.0539. The Bertz CT molecular complexity index is 398. The molecule has 1 aromatic rings. The van der Waals surface area contributed by atoms with Crippen LogP contribution in [0.4, 0.5) is 0 Å². The smallest absolute Gasteiger partial charge is 0.313 e. The number of hydrogen-bond acceptors (Lipinski definition) is 6. The minimum Gasteiger partial charge on any atom is -0.481 e. The predicted molar refractivity (Wildman–Crippen MR) is 71.9 cm³/mol. The Hall–Kier alpha value is -0.730. The topological polar surface area (TPSA) is 88.2 Å². The van der Waals surface area contributed by atoms with Gasteiger partial charge in [-0.05, 0) is 12.7 Å². The average Bonchev–Trinajstić information content (AvgIpc) is 2.75. The molecule has 0 amide bonds. The highest BCUT2D eigenvalue weighted by Crippen LogP contribution is 2.19. The Morgan fingerprint density at radius 3 is 2.78 bits per heavy atom. The van der Waals surface area contributed by atoms with Gasteiger partial charge in [-0.3, -0.25) is 4.79 Å². The Kier molecular flexibility index (Phi) is 6.51. The normalized spacial score (nSPS) is 12.6. The summed E-state index contributed by atoms with van der Waals surface area (Å²) in [6.45, 7) is 2.62. The molecule has 0 spiro atoms. The molecule has 0 aliphatic heterocycles. The Balaban J connectivity index is 2.71. The fourth-order valence-electron chi connectivity index (χ4n) is 1.32. The van der Waals surface area contributed by atoms with Crippen molar-refractivity contribution in [2.45, 2.75) is 36.9 Å². The van der Waals surface area contributed by atoms with Gasteiger partial charge in [-0.2, -0.15) is 11.8 Å². The summed E-state index contributed by atoms with van der Waals surface area (Å²) in [6, 6.07) is 0. The molecule has 0 aliphatic rings. The fraction of sp³-hybridized carbons (Fsp3) is 0.700. The molecule has 1 rings (SSSR count). The van der Waals surface area contributed by atoms with Gasteiger partial charge in [0.1, 0.15) is 6.61 Å². The van der Waals surface area contributed by atoms with Crippen molar-refractivity contribution in [3.05, 3.63) is 5.82 Å². The molecule has 0 saturated heterocycles. The molecule has 0 fully saturated rings. The summed E-state index contributed by atoms with van der Waals surface area (Å²) in [5.41, 5.74) is 0. The summed E-state index contributed by atoms with van der Waals surface area (Å²) in [5.74, 6) is -0.462. The SMILES string of the molecule is CSC(C)CCn1c(CO)nnc1SCC(=O)O. The van der Waals surface area contributed by atoms with Crippen LogP contribution in [-0.4, -0.2) is 48.2 Å². The number of aliphatic hydroxyl groups is 1. The van der Waals surface area contributed by atoms with Crippen molar-refractivity contribution >= 4 is 29.5 Å². The van der Waals surface area contributed by atoms with Crippen LogP contribution in [-0.2, 0) is 17.9 Å².